The van der Waals surface area contributed by atoms with E-state index >= 15 is 0 Å². The van der Waals surface area contributed by atoms with E-state index in [1.54, 1.807) is 26.8 Å². The molecule has 0 spiro atoms. The lowest BCUT2D eigenvalue weighted by atomic mass is 10.2. The predicted octanol–water partition coefficient (Wildman–Crippen LogP) is 2.19. The monoisotopic (exact) mass is 441 g/mol. The van der Waals surface area contributed by atoms with Gasteiger partial charge in [-0.05, 0) is 53.7 Å². The third kappa shape index (κ3) is 16.4. The predicted molar refractivity (Wildman–Crippen MR) is 117 cm³/mol. The molecular weight excluding hydrogens is 406 g/mol. The van der Waals surface area contributed by atoms with Crippen LogP contribution in [0.15, 0.2) is 18.3 Å². The first-order valence-corrected chi connectivity index (χ1v) is 9.80. The lowest BCUT2D eigenvalue weighted by Crippen LogP contribution is -2.35. The van der Waals surface area contributed by atoms with Crippen molar-refractivity contribution in [1.29, 1.82) is 0 Å². The van der Waals surface area contributed by atoms with E-state index in [0.717, 1.165) is 0 Å². The largest absolute Gasteiger partial charge is 0.477 e. The lowest BCUT2D eigenvalue weighted by molar-refractivity contribution is 0.0518. The Hall–Kier alpha value is -3.08. The standard InChI is InChI=1S/C13H19N3O4.C7H16N2O2/c1-13(2,3)20-12(19)16-7-6-14-9-4-5-15-10(8-9)11(17)18;1-7(2,3)11-6(10)9-5-4-8/h4-5,8H,6-7H2,1-3H3,(H,14,15)(H,16,19)(H,17,18);4-5,8H2,1-3H3,(H,9,10). The number of carbonyl (C=O) groups is 3. The van der Waals surface area contributed by atoms with Crippen LogP contribution in [0, 0.1) is 0 Å². The fourth-order valence-electron chi connectivity index (χ4n) is 1.83. The summed E-state index contributed by atoms with van der Waals surface area (Å²) in [5.74, 6) is -1.08. The molecule has 0 aromatic carbocycles. The van der Waals surface area contributed by atoms with Gasteiger partial charge in [-0.15, -0.1) is 0 Å². The van der Waals surface area contributed by atoms with Crippen molar-refractivity contribution in [2.45, 2.75) is 52.7 Å². The van der Waals surface area contributed by atoms with Crippen molar-refractivity contribution < 1.29 is 29.0 Å². The summed E-state index contributed by atoms with van der Waals surface area (Å²) in [6, 6.07) is 3.08. The van der Waals surface area contributed by atoms with Gasteiger partial charge in [0.25, 0.3) is 0 Å². The molecule has 1 heterocycles. The molecule has 0 radical (unpaired) electrons. The van der Waals surface area contributed by atoms with Crippen molar-refractivity contribution >= 4 is 23.8 Å². The van der Waals surface area contributed by atoms with Crippen LogP contribution in [0.5, 0.6) is 0 Å². The Morgan fingerprint density at radius 1 is 0.968 bits per heavy atom. The minimum atomic E-state index is -1.08. The van der Waals surface area contributed by atoms with Crippen molar-refractivity contribution in [3.05, 3.63) is 24.0 Å². The second-order valence-corrected chi connectivity index (χ2v) is 8.31. The molecular formula is C20H35N5O6. The Kier molecular flexibility index (Phi) is 12.0. The maximum Gasteiger partial charge on any atom is 0.407 e. The molecule has 0 aliphatic rings. The first kappa shape index (κ1) is 27.9. The quantitative estimate of drug-likeness (QED) is 0.399. The van der Waals surface area contributed by atoms with Crippen molar-refractivity contribution in [3.8, 4) is 0 Å². The summed E-state index contributed by atoms with van der Waals surface area (Å²) in [7, 11) is 0. The number of amides is 2. The topological polar surface area (TPSA) is 165 Å². The highest BCUT2D eigenvalue weighted by Gasteiger charge is 2.16. The van der Waals surface area contributed by atoms with Crippen LogP contribution in [0.4, 0.5) is 15.3 Å². The molecule has 31 heavy (non-hydrogen) atoms. The Morgan fingerprint density at radius 2 is 1.48 bits per heavy atom. The molecule has 0 saturated carbocycles. The van der Waals surface area contributed by atoms with E-state index in [1.807, 2.05) is 20.8 Å². The van der Waals surface area contributed by atoms with Gasteiger partial charge >= 0.3 is 18.2 Å². The molecule has 0 saturated heterocycles. The van der Waals surface area contributed by atoms with Gasteiger partial charge in [-0.3, -0.25) is 0 Å². The number of alkyl carbamates (subject to hydrolysis) is 2. The van der Waals surface area contributed by atoms with Crippen LogP contribution < -0.4 is 21.7 Å². The number of aromatic nitrogens is 1. The molecule has 1 aromatic heterocycles. The van der Waals surface area contributed by atoms with Crippen LogP contribution in [0.3, 0.4) is 0 Å². The SMILES string of the molecule is CC(C)(C)OC(=O)NCCN.CC(C)(C)OC(=O)NCCNc1ccnc(C(=O)O)c1. The molecule has 0 atom stereocenters. The average Bonchev–Trinajstić information content (AvgIpc) is 2.61. The highest BCUT2D eigenvalue weighted by molar-refractivity contribution is 5.86. The van der Waals surface area contributed by atoms with Crippen LogP contribution in [0.2, 0.25) is 0 Å². The highest BCUT2D eigenvalue weighted by Crippen LogP contribution is 2.08. The number of pyridine rings is 1. The summed E-state index contributed by atoms with van der Waals surface area (Å²) in [4.78, 5) is 36.6. The summed E-state index contributed by atoms with van der Waals surface area (Å²) in [6.07, 6.45) is 0.510. The molecule has 0 unspecified atom stereocenters. The summed E-state index contributed by atoms with van der Waals surface area (Å²) in [5.41, 5.74) is 4.81. The van der Waals surface area contributed by atoms with E-state index in [4.69, 9.17) is 20.3 Å². The first-order valence-electron chi connectivity index (χ1n) is 9.80. The van der Waals surface area contributed by atoms with Gasteiger partial charge in [-0.1, -0.05) is 0 Å². The van der Waals surface area contributed by atoms with Crippen LogP contribution >= 0.6 is 0 Å². The molecule has 11 nitrogen and oxygen atoms in total. The zero-order valence-corrected chi connectivity index (χ0v) is 19.1. The van der Waals surface area contributed by atoms with Gasteiger partial charge in [-0.25, -0.2) is 19.4 Å². The Bertz CT molecular complexity index is 713. The van der Waals surface area contributed by atoms with Gasteiger partial charge in [0.05, 0.1) is 0 Å². The Morgan fingerprint density at radius 3 is 1.94 bits per heavy atom. The van der Waals surface area contributed by atoms with Crippen LogP contribution in [-0.2, 0) is 9.47 Å². The van der Waals surface area contributed by atoms with Crippen LogP contribution in [-0.4, -0.2) is 65.6 Å². The minimum Gasteiger partial charge on any atom is -0.477 e. The van der Waals surface area contributed by atoms with Crippen LogP contribution in [0.25, 0.3) is 0 Å². The minimum absolute atomic E-state index is 0.0323. The number of anilines is 1. The zero-order valence-electron chi connectivity index (χ0n) is 19.1. The molecule has 1 aromatic rings. The van der Waals surface area contributed by atoms with Gasteiger partial charge in [0.2, 0.25) is 0 Å². The van der Waals surface area contributed by atoms with Crippen molar-refractivity contribution in [3.63, 3.8) is 0 Å². The number of hydrogen-bond acceptors (Lipinski definition) is 8. The molecule has 6 N–H and O–H groups in total. The smallest absolute Gasteiger partial charge is 0.407 e. The second-order valence-electron chi connectivity index (χ2n) is 8.31. The molecule has 0 bridgehead atoms. The lowest BCUT2D eigenvalue weighted by Gasteiger charge is -2.19. The van der Waals surface area contributed by atoms with Crippen molar-refractivity contribution in [1.82, 2.24) is 15.6 Å². The molecule has 0 fully saturated rings. The van der Waals surface area contributed by atoms with Crippen molar-refractivity contribution in [2.75, 3.05) is 31.5 Å². The molecule has 2 amide bonds. The number of carboxylic acid groups (broad SMARTS) is 1. The van der Waals surface area contributed by atoms with Gasteiger partial charge in [0.15, 0.2) is 0 Å². The van der Waals surface area contributed by atoms with Crippen LogP contribution in [0.1, 0.15) is 52.0 Å². The van der Waals surface area contributed by atoms with Gasteiger partial charge in [0.1, 0.15) is 16.9 Å². The molecule has 1 rings (SSSR count). The number of carboxylic acids is 1. The highest BCUT2D eigenvalue weighted by atomic mass is 16.6. The second kappa shape index (κ2) is 13.3. The van der Waals surface area contributed by atoms with E-state index in [0.29, 0.717) is 31.9 Å². The van der Waals surface area contributed by atoms with Gasteiger partial charge < -0.3 is 36.3 Å². The van der Waals surface area contributed by atoms with E-state index in [1.165, 1.54) is 12.3 Å². The maximum atomic E-state index is 11.4. The average molecular weight is 442 g/mol. The fourth-order valence-corrected chi connectivity index (χ4v) is 1.83. The number of hydrogen-bond donors (Lipinski definition) is 5. The fraction of sp³-hybridized carbons (Fsp3) is 0.600. The molecule has 176 valence electrons. The third-order valence-electron chi connectivity index (χ3n) is 2.91. The number of nitrogens with one attached hydrogen (secondary N) is 3. The number of carbonyl (C=O) groups excluding carboxylic acids is 2. The van der Waals surface area contributed by atoms with Gasteiger partial charge in [-0.2, -0.15) is 0 Å². The van der Waals surface area contributed by atoms with E-state index in [-0.39, 0.29) is 5.69 Å². The third-order valence-corrected chi connectivity index (χ3v) is 2.91. The van der Waals surface area contributed by atoms with Crippen molar-refractivity contribution in [2.24, 2.45) is 5.73 Å². The number of ether oxygens (including phenoxy) is 2. The molecule has 11 heteroatoms. The van der Waals surface area contributed by atoms with E-state index < -0.39 is 29.4 Å². The van der Waals surface area contributed by atoms with Gasteiger partial charge in [0, 0.05) is 38.1 Å². The summed E-state index contributed by atoms with van der Waals surface area (Å²) >= 11 is 0. The number of rotatable bonds is 7. The Labute approximate surface area is 183 Å². The van der Waals surface area contributed by atoms with E-state index in [9.17, 15) is 14.4 Å². The zero-order chi connectivity index (χ0) is 24.1. The number of aromatic carboxylic acids is 1. The summed E-state index contributed by atoms with van der Waals surface area (Å²) in [5, 5.41) is 16.9. The first-order chi connectivity index (χ1) is 14.2. The molecule has 0 aliphatic heterocycles. The maximum absolute atomic E-state index is 11.4. The summed E-state index contributed by atoms with van der Waals surface area (Å²) < 4.78 is 10.0. The number of nitrogens with zero attached hydrogens (tertiary/aromatic N) is 1. The number of nitrogens with two attached hydrogens (primary N) is 1. The molecule has 0 aliphatic carbocycles. The summed E-state index contributed by atoms with van der Waals surface area (Å²) in [6.45, 7) is 12.5. The normalized spacial score (nSPS) is 10.8. The Balaban J connectivity index is 0.000000695. The van der Waals surface area contributed by atoms with E-state index in [2.05, 4.69) is 20.9 Å².